The molecule has 0 heterocycles. The van der Waals surface area contributed by atoms with Crippen molar-refractivity contribution in [2.45, 2.75) is 19.3 Å². The minimum atomic E-state index is -4.35. The minimum absolute atomic E-state index is 0. The van der Waals surface area contributed by atoms with Gasteiger partial charge >= 0.3 is 6.18 Å². The van der Waals surface area contributed by atoms with Gasteiger partial charge in [0.15, 0.2) is 12.6 Å². The number of benzene rings is 2. The second-order valence-electron chi connectivity index (χ2n) is 6.31. The van der Waals surface area contributed by atoms with Crippen LogP contribution in [0, 0.1) is 0 Å². The van der Waals surface area contributed by atoms with Gasteiger partial charge in [-0.25, -0.2) is 0 Å². The van der Waals surface area contributed by atoms with Crippen molar-refractivity contribution >= 4 is 29.9 Å². The smallest absolute Gasteiger partial charge is 0.422 e. The Balaban J connectivity index is 0.00000480. The fourth-order valence-corrected chi connectivity index (χ4v) is 2.41. The maximum Gasteiger partial charge on any atom is 0.422 e. The molecule has 31 heavy (non-hydrogen) atoms. The van der Waals surface area contributed by atoms with E-state index in [1.807, 2.05) is 24.3 Å². The van der Waals surface area contributed by atoms with Crippen LogP contribution in [-0.2, 0) is 17.8 Å². The van der Waals surface area contributed by atoms with Crippen molar-refractivity contribution in [3.63, 3.8) is 0 Å². The van der Waals surface area contributed by atoms with Gasteiger partial charge in [0.2, 0.25) is 0 Å². The monoisotopic (exact) mass is 553 g/mol. The molecule has 10 heteroatoms. The highest BCUT2D eigenvalue weighted by Gasteiger charge is 2.28. The third-order valence-corrected chi connectivity index (χ3v) is 3.95. The standard InChI is InChI=1S/C21H26F3N3O3.HI/c1-25-20(26-13-16-3-7-18(8-4-16)29-12-11-28-2)27-14-17-5-9-19(10-6-17)30-15-21(22,23)24;/h3-10H,11-15H2,1-2H3,(H2,25,26,27);1H. The summed E-state index contributed by atoms with van der Waals surface area (Å²) in [5.41, 5.74) is 1.94. The van der Waals surface area contributed by atoms with Crippen LogP contribution in [0.3, 0.4) is 0 Å². The number of nitrogens with one attached hydrogen (secondary N) is 2. The summed E-state index contributed by atoms with van der Waals surface area (Å²) in [4.78, 5) is 4.17. The van der Waals surface area contributed by atoms with Crippen molar-refractivity contribution in [3.05, 3.63) is 59.7 Å². The Morgan fingerprint density at radius 3 is 1.74 bits per heavy atom. The molecule has 0 spiro atoms. The van der Waals surface area contributed by atoms with Gasteiger partial charge < -0.3 is 24.8 Å². The van der Waals surface area contributed by atoms with E-state index in [9.17, 15) is 13.2 Å². The summed E-state index contributed by atoms with van der Waals surface area (Å²) >= 11 is 0. The van der Waals surface area contributed by atoms with E-state index in [0.29, 0.717) is 32.3 Å². The van der Waals surface area contributed by atoms with Gasteiger partial charge in [-0.1, -0.05) is 24.3 Å². The van der Waals surface area contributed by atoms with Gasteiger partial charge in [0.05, 0.1) is 6.61 Å². The van der Waals surface area contributed by atoms with Crippen molar-refractivity contribution < 1.29 is 27.4 Å². The predicted molar refractivity (Wildman–Crippen MR) is 124 cm³/mol. The molecule has 0 saturated carbocycles. The Morgan fingerprint density at radius 2 is 1.32 bits per heavy atom. The van der Waals surface area contributed by atoms with Crippen LogP contribution in [0.1, 0.15) is 11.1 Å². The van der Waals surface area contributed by atoms with Crippen LogP contribution < -0.4 is 20.1 Å². The van der Waals surface area contributed by atoms with E-state index in [-0.39, 0.29) is 29.7 Å². The molecule has 2 rings (SSSR count). The summed E-state index contributed by atoms with van der Waals surface area (Å²) in [6.07, 6.45) is -4.35. The number of guanidine groups is 1. The Morgan fingerprint density at radius 1 is 0.839 bits per heavy atom. The first-order chi connectivity index (χ1) is 14.4. The summed E-state index contributed by atoms with van der Waals surface area (Å²) in [5.74, 6) is 1.56. The molecule has 2 aromatic rings. The van der Waals surface area contributed by atoms with E-state index >= 15 is 0 Å². The highest BCUT2D eigenvalue weighted by Crippen LogP contribution is 2.18. The van der Waals surface area contributed by atoms with Crippen LogP contribution in [0.2, 0.25) is 0 Å². The second-order valence-corrected chi connectivity index (χ2v) is 6.31. The molecule has 0 aromatic heterocycles. The molecule has 0 unspecified atom stereocenters. The van der Waals surface area contributed by atoms with E-state index in [4.69, 9.17) is 14.2 Å². The van der Waals surface area contributed by atoms with Crippen molar-refractivity contribution in [2.75, 3.05) is 34.0 Å². The van der Waals surface area contributed by atoms with E-state index < -0.39 is 12.8 Å². The molecule has 0 saturated heterocycles. The SMILES string of the molecule is CN=C(NCc1ccc(OCCOC)cc1)NCc1ccc(OCC(F)(F)F)cc1.I. The molecule has 0 fully saturated rings. The molecular formula is C21H27F3IN3O3. The number of hydrogen-bond acceptors (Lipinski definition) is 4. The van der Waals surface area contributed by atoms with Crippen LogP contribution in [0.25, 0.3) is 0 Å². The predicted octanol–water partition coefficient (Wildman–Crippen LogP) is 4.14. The molecule has 0 amide bonds. The average Bonchev–Trinajstić information content (AvgIpc) is 2.74. The number of hydrogen-bond donors (Lipinski definition) is 2. The lowest BCUT2D eigenvalue weighted by atomic mass is 10.2. The summed E-state index contributed by atoms with van der Waals surface area (Å²) in [6.45, 7) is 0.768. The van der Waals surface area contributed by atoms with Crippen LogP contribution in [-0.4, -0.2) is 46.1 Å². The molecule has 2 aromatic carbocycles. The number of rotatable bonds is 10. The summed E-state index contributed by atoms with van der Waals surface area (Å²) in [6, 6.07) is 14.1. The van der Waals surface area contributed by atoms with Gasteiger partial charge in [0.25, 0.3) is 0 Å². The molecule has 6 nitrogen and oxygen atoms in total. The first-order valence-corrected chi connectivity index (χ1v) is 9.33. The molecule has 0 radical (unpaired) electrons. The largest absolute Gasteiger partial charge is 0.491 e. The summed E-state index contributed by atoms with van der Waals surface area (Å²) in [5, 5.41) is 6.36. The van der Waals surface area contributed by atoms with E-state index in [1.54, 1.807) is 26.3 Å². The van der Waals surface area contributed by atoms with Crippen molar-refractivity contribution in [3.8, 4) is 11.5 Å². The molecule has 0 bridgehead atoms. The number of halogens is 4. The maximum atomic E-state index is 12.2. The van der Waals surface area contributed by atoms with Gasteiger partial charge in [-0.2, -0.15) is 13.2 Å². The van der Waals surface area contributed by atoms with Gasteiger partial charge in [-0.3, -0.25) is 4.99 Å². The lowest BCUT2D eigenvalue weighted by Gasteiger charge is -2.13. The normalized spacial score (nSPS) is 11.5. The lowest BCUT2D eigenvalue weighted by Crippen LogP contribution is -2.36. The zero-order chi connectivity index (χ0) is 21.8. The zero-order valence-electron chi connectivity index (χ0n) is 17.4. The number of ether oxygens (including phenoxy) is 3. The maximum absolute atomic E-state index is 12.2. The Bertz CT molecular complexity index is 785. The van der Waals surface area contributed by atoms with Crippen molar-refractivity contribution in [1.82, 2.24) is 10.6 Å². The molecule has 0 aliphatic carbocycles. The average molecular weight is 553 g/mol. The topological polar surface area (TPSA) is 64.1 Å². The highest BCUT2D eigenvalue weighted by molar-refractivity contribution is 14.0. The molecule has 0 aliphatic rings. The first-order valence-electron chi connectivity index (χ1n) is 9.33. The molecule has 0 atom stereocenters. The number of alkyl halides is 3. The van der Waals surface area contributed by atoms with Crippen LogP contribution in [0.15, 0.2) is 53.5 Å². The fraction of sp³-hybridized carbons (Fsp3) is 0.381. The number of methoxy groups -OCH3 is 1. The first kappa shape index (κ1) is 26.8. The van der Waals surface area contributed by atoms with Crippen LogP contribution in [0.5, 0.6) is 11.5 Å². The Hall–Kier alpha value is -2.21. The Kier molecular flexibility index (Phi) is 12.1. The molecular weight excluding hydrogens is 526 g/mol. The van der Waals surface area contributed by atoms with Crippen LogP contribution in [0.4, 0.5) is 13.2 Å². The van der Waals surface area contributed by atoms with E-state index in [2.05, 4.69) is 15.6 Å². The molecule has 2 N–H and O–H groups in total. The molecule has 172 valence electrons. The van der Waals surface area contributed by atoms with Gasteiger partial charge in [0.1, 0.15) is 18.1 Å². The van der Waals surface area contributed by atoms with Crippen molar-refractivity contribution in [2.24, 2.45) is 4.99 Å². The van der Waals surface area contributed by atoms with Crippen molar-refractivity contribution in [1.29, 1.82) is 0 Å². The Labute approximate surface area is 197 Å². The van der Waals surface area contributed by atoms with Crippen LogP contribution >= 0.6 is 24.0 Å². The summed E-state index contributed by atoms with van der Waals surface area (Å²) < 4.78 is 51.7. The lowest BCUT2D eigenvalue weighted by molar-refractivity contribution is -0.153. The summed E-state index contributed by atoms with van der Waals surface area (Å²) in [7, 11) is 3.29. The fourth-order valence-electron chi connectivity index (χ4n) is 2.41. The van der Waals surface area contributed by atoms with E-state index in [0.717, 1.165) is 16.9 Å². The van der Waals surface area contributed by atoms with E-state index in [1.165, 1.54) is 12.1 Å². The number of nitrogens with zero attached hydrogens (tertiary/aromatic N) is 1. The zero-order valence-corrected chi connectivity index (χ0v) is 19.7. The minimum Gasteiger partial charge on any atom is -0.491 e. The quantitative estimate of drug-likeness (QED) is 0.201. The van der Waals surface area contributed by atoms with Gasteiger partial charge in [-0.15, -0.1) is 24.0 Å². The molecule has 0 aliphatic heterocycles. The highest BCUT2D eigenvalue weighted by atomic mass is 127. The van der Waals surface area contributed by atoms with Gasteiger partial charge in [-0.05, 0) is 35.4 Å². The second kappa shape index (κ2) is 14.0. The third kappa shape index (κ3) is 11.1. The number of aliphatic imine (C=N–C) groups is 1. The third-order valence-electron chi connectivity index (χ3n) is 3.95. The van der Waals surface area contributed by atoms with Gasteiger partial charge in [0, 0.05) is 27.2 Å².